The van der Waals surface area contributed by atoms with Gasteiger partial charge in [-0.2, -0.15) is 0 Å². The highest BCUT2D eigenvalue weighted by molar-refractivity contribution is 5.84. The first-order chi connectivity index (χ1) is 7.14. The van der Waals surface area contributed by atoms with Gasteiger partial charge in [0.1, 0.15) is 0 Å². The second-order valence-corrected chi connectivity index (χ2v) is 4.68. The predicted molar refractivity (Wildman–Crippen MR) is 62.5 cm³/mol. The van der Waals surface area contributed by atoms with Crippen LogP contribution in [0.25, 0.3) is 0 Å². The van der Waals surface area contributed by atoms with Crippen molar-refractivity contribution in [1.29, 1.82) is 0 Å². The third-order valence-corrected chi connectivity index (χ3v) is 3.59. The highest BCUT2D eigenvalue weighted by Gasteiger charge is 2.36. The van der Waals surface area contributed by atoms with Crippen LogP contribution in [0.15, 0.2) is 0 Å². The van der Waals surface area contributed by atoms with Gasteiger partial charge >= 0.3 is 0 Å². The van der Waals surface area contributed by atoms with Crippen molar-refractivity contribution in [2.45, 2.75) is 70.4 Å². The minimum Gasteiger partial charge on any atom is -0.368 e. The van der Waals surface area contributed by atoms with Crippen LogP contribution >= 0.6 is 0 Å². The normalized spacial score (nSPS) is 21.5. The van der Waals surface area contributed by atoms with Gasteiger partial charge in [0.2, 0.25) is 5.91 Å². The summed E-state index contributed by atoms with van der Waals surface area (Å²) in [7, 11) is 0. The van der Waals surface area contributed by atoms with E-state index in [1.54, 1.807) is 0 Å². The second kappa shape index (κ2) is 5.50. The number of carbonyl (C=O) groups is 1. The van der Waals surface area contributed by atoms with E-state index in [2.05, 4.69) is 12.2 Å². The maximum absolute atomic E-state index is 11.6. The van der Waals surface area contributed by atoms with Crippen molar-refractivity contribution in [2.75, 3.05) is 0 Å². The van der Waals surface area contributed by atoms with Gasteiger partial charge in [0.05, 0.1) is 5.54 Å². The average molecular weight is 212 g/mol. The predicted octanol–water partition coefficient (Wildman–Crippen LogP) is 1.95. The molecule has 1 aliphatic carbocycles. The zero-order chi connectivity index (χ0) is 11.3. The Morgan fingerprint density at radius 1 is 1.40 bits per heavy atom. The number of nitrogens with one attached hydrogen (secondary N) is 1. The van der Waals surface area contributed by atoms with E-state index in [4.69, 9.17) is 5.73 Å². The zero-order valence-corrected chi connectivity index (χ0v) is 10.0. The summed E-state index contributed by atoms with van der Waals surface area (Å²) in [6, 6.07) is 0.504. The van der Waals surface area contributed by atoms with Crippen LogP contribution in [0.4, 0.5) is 0 Å². The number of primary amides is 1. The van der Waals surface area contributed by atoms with Crippen LogP contribution in [0.5, 0.6) is 0 Å². The number of carbonyl (C=O) groups excluding carboxylic acids is 1. The van der Waals surface area contributed by atoms with Crippen LogP contribution in [-0.4, -0.2) is 17.5 Å². The molecule has 1 amide bonds. The average Bonchev–Trinajstić information content (AvgIpc) is 2.69. The molecule has 0 spiro atoms. The molecule has 3 N–H and O–H groups in total. The summed E-state index contributed by atoms with van der Waals surface area (Å²) in [5.74, 6) is -0.182. The zero-order valence-electron chi connectivity index (χ0n) is 10.0. The van der Waals surface area contributed by atoms with Crippen LogP contribution in [-0.2, 0) is 4.79 Å². The molecule has 1 unspecified atom stereocenters. The van der Waals surface area contributed by atoms with E-state index in [-0.39, 0.29) is 5.91 Å². The van der Waals surface area contributed by atoms with Crippen molar-refractivity contribution < 1.29 is 4.79 Å². The molecular weight excluding hydrogens is 188 g/mol. The lowest BCUT2D eigenvalue weighted by Gasteiger charge is -2.33. The molecule has 1 saturated carbocycles. The SMILES string of the molecule is CCCC(CC)(NC1CCCC1)C(N)=O. The van der Waals surface area contributed by atoms with Crippen LogP contribution in [0.3, 0.4) is 0 Å². The number of amides is 1. The largest absolute Gasteiger partial charge is 0.368 e. The van der Waals surface area contributed by atoms with Gasteiger partial charge < -0.3 is 11.1 Å². The van der Waals surface area contributed by atoms with E-state index < -0.39 is 5.54 Å². The summed E-state index contributed by atoms with van der Waals surface area (Å²) in [4.78, 5) is 11.6. The lowest BCUT2D eigenvalue weighted by Crippen LogP contribution is -2.57. The van der Waals surface area contributed by atoms with Gasteiger partial charge in [0, 0.05) is 6.04 Å². The summed E-state index contributed by atoms with van der Waals surface area (Å²) in [5, 5.41) is 3.50. The van der Waals surface area contributed by atoms with E-state index in [0.29, 0.717) is 6.04 Å². The Morgan fingerprint density at radius 2 is 2.00 bits per heavy atom. The van der Waals surface area contributed by atoms with Crippen molar-refractivity contribution in [3.8, 4) is 0 Å². The summed E-state index contributed by atoms with van der Waals surface area (Å²) in [6.45, 7) is 4.14. The van der Waals surface area contributed by atoms with Crippen molar-refractivity contribution in [3.63, 3.8) is 0 Å². The number of hydrogen-bond acceptors (Lipinski definition) is 2. The molecular formula is C12H24N2O. The Morgan fingerprint density at radius 3 is 2.40 bits per heavy atom. The molecule has 1 atom stereocenters. The van der Waals surface area contributed by atoms with Crippen LogP contribution in [0.2, 0.25) is 0 Å². The first-order valence-electron chi connectivity index (χ1n) is 6.22. The summed E-state index contributed by atoms with van der Waals surface area (Å²) in [5.41, 5.74) is 5.09. The molecule has 0 aromatic carbocycles. The third-order valence-electron chi connectivity index (χ3n) is 3.59. The maximum atomic E-state index is 11.6. The first kappa shape index (κ1) is 12.5. The van der Waals surface area contributed by atoms with Crippen molar-refractivity contribution in [1.82, 2.24) is 5.32 Å². The van der Waals surface area contributed by atoms with Gasteiger partial charge in [0.15, 0.2) is 0 Å². The fraction of sp³-hybridized carbons (Fsp3) is 0.917. The summed E-state index contributed by atoms with van der Waals surface area (Å²) >= 11 is 0. The van der Waals surface area contributed by atoms with Gasteiger partial charge in [0.25, 0.3) is 0 Å². The van der Waals surface area contributed by atoms with Gasteiger partial charge in [-0.25, -0.2) is 0 Å². The molecule has 15 heavy (non-hydrogen) atoms. The van der Waals surface area contributed by atoms with Crippen molar-refractivity contribution in [3.05, 3.63) is 0 Å². The number of rotatable bonds is 6. The first-order valence-corrected chi connectivity index (χ1v) is 6.22. The van der Waals surface area contributed by atoms with Crippen LogP contribution in [0.1, 0.15) is 58.8 Å². The molecule has 0 aromatic rings. The quantitative estimate of drug-likeness (QED) is 0.707. The molecule has 0 aromatic heterocycles. The third kappa shape index (κ3) is 2.94. The standard InChI is InChI=1S/C12H24N2O/c1-3-9-12(4-2,11(13)15)14-10-7-5-6-8-10/h10,14H,3-9H2,1-2H3,(H2,13,15). The molecule has 1 aliphatic rings. The molecule has 0 aliphatic heterocycles. The number of hydrogen-bond donors (Lipinski definition) is 2. The monoisotopic (exact) mass is 212 g/mol. The summed E-state index contributed by atoms with van der Waals surface area (Å²) < 4.78 is 0. The van der Waals surface area contributed by atoms with E-state index in [9.17, 15) is 4.79 Å². The Hall–Kier alpha value is -0.570. The Kier molecular flexibility index (Phi) is 4.58. The summed E-state index contributed by atoms with van der Waals surface area (Å²) in [6.07, 6.45) is 7.60. The Balaban J connectivity index is 2.64. The van der Waals surface area contributed by atoms with Gasteiger partial charge in [-0.05, 0) is 25.7 Å². The van der Waals surface area contributed by atoms with Crippen molar-refractivity contribution >= 4 is 5.91 Å². The van der Waals surface area contributed by atoms with E-state index in [1.165, 1.54) is 25.7 Å². The minimum atomic E-state index is -0.455. The van der Waals surface area contributed by atoms with E-state index in [1.807, 2.05) is 6.92 Å². The van der Waals surface area contributed by atoms with Crippen molar-refractivity contribution in [2.24, 2.45) is 5.73 Å². The molecule has 3 nitrogen and oxygen atoms in total. The molecule has 0 radical (unpaired) electrons. The molecule has 1 rings (SSSR count). The topological polar surface area (TPSA) is 55.1 Å². The highest BCUT2D eigenvalue weighted by atomic mass is 16.1. The minimum absolute atomic E-state index is 0.182. The lowest BCUT2D eigenvalue weighted by atomic mass is 9.88. The van der Waals surface area contributed by atoms with E-state index in [0.717, 1.165) is 19.3 Å². The van der Waals surface area contributed by atoms with Gasteiger partial charge in [-0.15, -0.1) is 0 Å². The fourth-order valence-corrected chi connectivity index (χ4v) is 2.61. The molecule has 88 valence electrons. The van der Waals surface area contributed by atoms with Gasteiger partial charge in [-0.1, -0.05) is 33.1 Å². The maximum Gasteiger partial charge on any atom is 0.237 e. The lowest BCUT2D eigenvalue weighted by molar-refractivity contribution is -0.125. The highest BCUT2D eigenvalue weighted by Crippen LogP contribution is 2.24. The number of nitrogens with two attached hydrogens (primary N) is 1. The van der Waals surface area contributed by atoms with Gasteiger partial charge in [-0.3, -0.25) is 4.79 Å². The van der Waals surface area contributed by atoms with Crippen LogP contribution < -0.4 is 11.1 Å². The molecule has 0 saturated heterocycles. The Bertz CT molecular complexity index is 212. The molecule has 0 heterocycles. The molecule has 0 bridgehead atoms. The molecule has 1 fully saturated rings. The smallest absolute Gasteiger partial charge is 0.237 e. The van der Waals surface area contributed by atoms with E-state index >= 15 is 0 Å². The second-order valence-electron chi connectivity index (χ2n) is 4.68. The Labute approximate surface area is 92.8 Å². The molecule has 3 heteroatoms. The van der Waals surface area contributed by atoms with Crippen LogP contribution in [0, 0.1) is 0 Å². The fourth-order valence-electron chi connectivity index (χ4n) is 2.61.